The lowest BCUT2D eigenvalue weighted by molar-refractivity contribution is 0.0950. The summed E-state index contributed by atoms with van der Waals surface area (Å²) in [7, 11) is 0. The number of likely N-dealkylation sites (tertiary alicyclic amines) is 1. The topological polar surface area (TPSA) is 83.0 Å². The summed E-state index contributed by atoms with van der Waals surface area (Å²) in [4.78, 5) is 29.9. The number of pyridine rings is 1. The van der Waals surface area contributed by atoms with E-state index in [9.17, 15) is 9.59 Å². The fourth-order valence-corrected chi connectivity index (χ4v) is 3.73. The second-order valence-corrected chi connectivity index (χ2v) is 7.62. The van der Waals surface area contributed by atoms with Crippen molar-refractivity contribution in [1.82, 2.24) is 25.0 Å². The summed E-state index contributed by atoms with van der Waals surface area (Å²) in [6, 6.07) is 5.46. The number of carbonyl (C=O) groups is 1. The molecule has 146 valence electrons. The van der Waals surface area contributed by atoms with Crippen molar-refractivity contribution in [3.8, 4) is 0 Å². The van der Waals surface area contributed by atoms with E-state index in [0.29, 0.717) is 19.0 Å². The molecular formula is C20H29N5O2. The summed E-state index contributed by atoms with van der Waals surface area (Å²) >= 11 is 0. The molecule has 0 aromatic carbocycles. The normalized spacial score (nSPS) is 17.8. The fraction of sp³-hybridized carbons (Fsp3) is 0.550. The minimum Gasteiger partial charge on any atom is -0.350 e. The maximum absolute atomic E-state index is 12.3. The van der Waals surface area contributed by atoms with Gasteiger partial charge in [0, 0.05) is 31.0 Å². The Balaban J connectivity index is 1.55. The Morgan fingerprint density at radius 2 is 2.19 bits per heavy atom. The molecule has 27 heavy (non-hydrogen) atoms. The molecule has 1 aliphatic rings. The van der Waals surface area contributed by atoms with Crippen molar-refractivity contribution in [2.45, 2.75) is 46.7 Å². The molecule has 0 aliphatic carbocycles. The van der Waals surface area contributed by atoms with Gasteiger partial charge in [0.2, 0.25) is 0 Å². The third kappa shape index (κ3) is 5.07. The lowest BCUT2D eigenvalue weighted by Crippen LogP contribution is -2.35. The Hall–Kier alpha value is -2.41. The number of nitrogens with one attached hydrogen (secondary N) is 2. The van der Waals surface area contributed by atoms with Crippen molar-refractivity contribution in [2.24, 2.45) is 5.92 Å². The minimum absolute atomic E-state index is 0.152. The van der Waals surface area contributed by atoms with E-state index < -0.39 is 0 Å². The molecule has 1 unspecified atom stereocenters. The molecule has 3 rings (SSSR count). The van der Waals surface area contributed by atoms with Crippen molar-refractivity contribution < 1.29 is 4.79 Å². The van der Waals surface area contributed by atoms with Gasteiger partial charge in [0.05, 0.1) is 12.2 Å². The molecule has 1 aliphatic heterocycles. The lowest BCUT2D eigenvalue weighted by atomic mass is 10.0. The summed E-state index contributed by atoms with van der Waals surface area (Å²) in [5.74, 6) is 0.341. The minimum atomic E-state index is -0.351. The number of aromatic nitrogens is 3. The van der Waals surface area contributed by atoms with E-state index in [1.807, 2.05) is 30.7 Å². The highest BCUT2D eigenvalue weighted by Gasteiger charge is 2.17. The monoisotopic (exact) mass is 371 g/mol. The van der Waals surface area contributed by atoms with Crippen LogP contribution in [0, 0.1) is 19.8 Å². The van der Waals surface area contributed by atoms with Crippen LogP contribution in [-0.4, -0.2) is 45.2 Å². The molecule has 1 fully saturated rings. The highest BCUT2D eigenvalue weighted by molar-refractivity contribution is 5.93. The molecule has 7 heteroatoms. The van der Waals surface area contributed by atoms with Gasteiger partial charge in [-0.15, -0.1) is 0 Å². The van der Waals surface area contributed by atoms with Gasteiger partial charge in [-0.3, -0.25) is 19.2 Å². The second-order valence-electron chi connectivity index (χ2n) is 7.62. The van der Waals surface area contributed by atoms with E-state index in [-0.39, 0.29) is 17.0 Å². The number of aromatic amines is 1. The third-order valence-electron chi connectivity index (χ3n) is 5.06. The number of piperidine rings is 1. The number of H-pyrrole nitrogens is 1. The van der Waals surface area contributed by atoms with Gasteiger partial charge >= 0.3 is 0 Å². The maximum atomic E-state index is 12.3. The SMILES string of the molecule is Cc1cc(C)n(CCNC(=O)c2ccc(CN3CCCC(C)C3)[nH]c2=O)n1. The first-order valence-electron chi connectivity index (χ1n) is 9.66. The van der Waals surface area contributed by atoms with Crippen LogP contribution in [0.2, 0.25) is 0 Å². The van der Waals surface area contributed by atoms with Crippen LogP contribution >= 0.6 is 0 Å². The van der Waals surface area contributed by atoms with Gasteiger partial charge in [0.15, 0.2) is 0 Å². The molecule has 1 saturated heterocycles. The fourth-order valence-electron chi connectivity index (χ4n) is 3.73. The van der Waals surface area contributed by atoms with E-state index >= 15 is 0 Å². The average Bonchev–Trinajstić information content (AvgIpc) is 2.92. The van der Waals surface area contributed by atoms with E-state index in [4.69, 9.17) is 0 Å². The molecule has 2 N–H and O–H groups in total. The van der Waals surface area contributed by atoms with Gasteiger partial charge in [-0.25, -0.2) is 0 Å². The Morgan fingerprint density at radius 1 is 1.37 bits per heavy atom. The zero-order chi connectivity index (χ0) is 19.4. The van der Waals surface area contributed by atoms with Crippen molar-refractivity contribution in [1.29, 1.82) is 0 Å². The highest BCUT2D eigenvalue weighted by atomic mass is 16.2. The lowest BCUT2D eigenvalue weighted by Gasteiger charge is -2.30. The standard InChI is InChI=1S/C20H29N5O2/c1-14-5-4-9-24(12-14)13-17-6-7-18(20(27)22-17)19(26)21-8-10-25-16(3)11-15(2)23-25/h6-7,11,14H,4-5,8-10,12-13H2,1-3H3,(H,21,26)(H,22,27). The average molecular weight is 371 g/mol. The van der Waals surface area contributed by atoms with Crippen molar-refractivity contribution in [3.63, 3.8) is 0 Å². The second kappa shape index (κ2) is 8.52. The molecule has 2 aromatic heterocycles. The summed E-state index contributed by atoms with van der Waals surface area (Å²) in [6.45, 7) is 10.0. The van der Waals surface area contributed by atoms with Gasteiger partial charge in [-0.2, -0.15) is 5.10 Å². The number of hydrogen-bond acceptors (Lipinski definition) is 4. The summed E-state index contributed by atoms with van der Waals surface area (Å²) in [5.41, 5.74) is 2.68. The predicted octanol–water partition coefficient (Wildman–Crippen LogP) is 1.85. The Kier molecular flexibility index (Phi) is 6.11. The Morgan fingerprint density at radius 3 is 2.85 bits per heavy atom. The first-order valence-corrected chi connectivity index (χ1v) is 9.66. The van der Waals surface area contributed by atoms with Gasteiger partial charge < -0.3 is 10.3 Å². The maximum Gasteiger partial charge on any atom is 0.261 e. The smallest absolute Gasteiger partial charge is 0.261 e. The number of nitrogens with zero attached hydrogens (tertiary/aromatic N) is 3. The van der Waals surface area contributed by atoms with Crippen molar-refractivity contribution in [3.05, 3.63) is 51.2 Å². The highest BCUT2D eigenvalue weighted by Crippen LogP contribution is 2.16. The number of carbonyl (C=O) groups excluding carboxylic acids is 1. The largest absolute Gasteiger partial charge is 0.350 e. The van der Waals surface area contributed by atoms with Gasteiger partial charge in [-0.1, -0.05) is 6.92 Å². The van der Waals surface area contributed by atoms with Gasteiger partial charge in [-0.05, 0) is 57.4 Å². The Bertz CT molecular complexity index is 854. The van der Waals surface area contributed by atoms with E-state index in [0.717, 1.165) is 36.7 Å². The van der Waals surface area contributed by atoms with Crippen LogP contribution in [0.15, 0.2) is 23.0 Å². The molecular weight excluding hydrogens is 342 g/mol. The quantitative estimate of drug-likeness (QED) is 0.812. The summed E-state index contributed by atoms with van der Waals surface area (Å²) in [6.07, 6.45) is 2.46. The van der Waals surface area contributed by atoms with Crippen LogP contribution in [0.5, 0.6) is 0 Å². The molecule has 0 spiro atoms. The molecule has 0 bridgehead atoms. The van der Waals surface area contributed by atoms with Crippen LogP contribution < -0.4 is 10.9 Å². The van der Waals surface area contributed by atoms with Gasteiger partial charge in [0.1, 0.15) is 5.56 Å². The number of rotatable bonds is 6. The molecule has 1 atom stereocenters. The van der Waals surface area contributed by atoms with Gasteiger partial charge in [0.25, 0.3) is 11.5 Å². The van der Waals surface area contributed by atoms with E-state index in [1.54, 1.807) is 6.07 Å². The zero-order valence-electron chi connectivity index (χ0n) is 16.4. The Labute approximate surface area is 159 Å². The van der Waals surface area contributed by atoms with E-state index in [1.165, 1.54) is 12.8 Å². The van der Waals surface area contributed by atoms with Crippen molar-refractivity contribution in [2.75, 3.05) is 19.6 Å². The zero-order valence-corrected chi connectivity index (χ0v) is 16.4. The molecule has 3 heterocycles. The van der Waals surface area contributed by atoms with Crippen LogP contribution in [-0.2, 0) is 13.1 Å². The molecule has 7 nitrogen and oxygen atoms in total. The summed E-state index contributed by atoms with van der Waals surface area (Å²) in [5, 5.41) is 7.16. The van der Waals surface area contributed by atoms with Crippen LogP contribution in [0.4, 0.5) is 0 Å². The first-order chi connectivity index (χ1) is 12.9. The number of amides is 1. The number of aryl methyl sites for hydroxylation is 2. The van der Waals surface area contributed by atoms with Crippen LogP contribution in [0.3, 0.4) is 0 Å². The summed E-state index contributed by atoms with van der Waals surface area (Å²) < 4.78 is 1.85. The molecule has 0 radical (unpaired) electrons. The van der Waals surface area contributed by atoms with E-state index in [2.05, 4.69) is 27.2 Å². The van der Waals surface area contributed by atoms with Crippen molar-refractivity contribution >= 4 is 5.91 Å². The molecule has 1 amide bonds. The predicted molar refractivity (Wildman–Crippen MR) is 105 cm³/mol. The number of hydrogen-bond donors (Lipinski definition) is 2. The van der Waals surface area contributed by atoms with Crippen LogP contribution in [0.1, 0.15) is 47.2 Å². The van der Waals surface area contributed by atoms with Crippen LogP contribution in [0.25, 0.3) is 0 Å². The first kappa shape index (κ1) is 19.4. The molecule has 0 saturated carbocycles. The molecule has 2 aromatic rings. The third-order valence-corrected chi connectivity index (χ3v) is 5.06.